The fourth-order valence-electron chi connectivity index (χ4n) is 4.69. The summed E-state index contributed by atoms with van der Waals surface area (Å²) in [6.45, 7) is 14.7. The first-order valence-electron chi connectivity index (χ1n) is 8.84. The highest BCUT2D eigenvalue weighted by Crippen LogP contribution is 2.36. The third-order valence-electron chi connectivity index (χ3n) is 6.85. The van der Waals surface area contributed by atoms with Gasteiger partial charge in [-0.15, -0.1) is 0 Å². The van der Waals surface area contributed by atoms with Crippen LogP contribution in [0.4, 0.5) is 0 Å². The Kier molecular flexibility index (Phi) is 6.81. The molecule has 0 aromatic rings. The van der Waals surface area contributed by atoms with Crippen LogP contribution in [0.25, 0.3) is 0 Å². The van der Waals surface area contributed by atoms with E-state index in [1.807, 2.05) is 0 Å². The van der Waals surface area contributed by atoms with Crippen LogP contribution in [-0.2, 0) is 0 Å². The summed E-state index contributed by atoms with van der Waals surface area (Å²) in [5.41, 5.74) is 1.85. The van der Waals surface area contributed by atoms with Crippen LogP contribution in [0.3, 0.4) is 0 Å². The van der Waals surface area contributed by atoms with Gasteiger partial charge in [-0.2, -0.15) is 0 Å². The summed E-state index contributed by atoms with van der Waals surface area (Å²) in [6.07, 6.45) is 2.97. The maximum absolute atomic E-state index is 4.20. The molecule has 1 fully saturated rings. The zero-order valence-electron chi connectivity index (χ0n) is 14.3. The summed E-state index contributed by atoms with van der Waals surface area (Å²) in [7, 11) is -2.06. The quantitative estimate of drug-likeness (QED) is 0.607. The van der Waals surface area contributed by atoms with Crippen molar-refractivity contribution >= 4 is 16.1 Å². The fraction of sp³-hybridized carbons (Fsp3) is 1.00. The number of hydrogen-bond donors (Lipinski definition) is 1. The Bertz CT molecular complexity index is 217. The van der Waals surface area contributed by atoms with Gasteiger partial charge in [0.25, 0.3) is 0 Å². The van der Waals surface area contributed by atoms with Gasteiger partial charge in [0.05, 0.1) is 16.1 Å². The van der Waals surface area contributed by atoms with E-state index >= 15 is 0 Å². The second kappa shape index (κ2) is 7.42. The molecule has 1 rings (SSSR count). The first-order valence-corrected chi connectivity index (χ1v) is 14.2. The molecule has 0 radical (unpaired) electrons. The molecule has 1 heterocycles. The van der Waals surface area contributed by atoms with Crippen molar-refractivity contribution < 1.29 is 0 Å². The van der Waals surface area contributed by atoms with Crippen molar-refractivity contribution in [3.8, 4) is 0 Å². The lowest BCUT2D eigenvalue weighted by Gasteiger charge is -2.39. The predicted molar refractivity (Wildman–Crippen MR) is 94.3 cm³/mol. The lowest BCUT2D eigenvalue weighted by molar-refractivity contribution is 0.692. The molecule has 0 amide bonds. The molecule has 1 aliphatic heterocycles. The minimum Gasteiger partial charge on any atom is -0.316 e. The Labute approximate surface area is 124 Å². The summed E-state index contributed by atoms with van der Waals surface area (Å²) < 4.78 is 0. The van der Waals surface area contributed by atoms with Gasteiger partial charge < -0.3 is 5.32 Å². The molecule has 1 nitrogen and oxygen atoms in total. The van der Waals surface area contributed by atoms with E-state index in [9.17, 15) is 0 Å². The van der Waals surface area contributed by atoms with E-state index in [-0.39, 0.29) is 0 Å². The van der Waals surface area contributed by atoms with Gasteiger partial charge in [-0.1, -0.05) is 77.8 Å². The Morgan fingerprint density at radius 2 is 0.895 bits per heavy atom. The summed E-state index contributed by atoms with van der Waals surface area (Å²) in [4.78, 5) is 0. The average Bonchev–Trinajstić information content (AvgIpc) is 2.95. The first kappa shape index (κ1) is 17.4. The molecular weight excluding hydrogens is 262 g/mol. The molecule has 3 heteroatoms. The summed E-state index contributed by atoms with van der Waals surface area (Å²) in [6, 6.07) is 8.85. The van der Waals surface area contributed by atoms with Gasteiger partial charge in [0.2, 0.25) is 0 Å². The molecule has 1 saturated heterocycles. The van der Waals surface area contributed by atoms with Crippen molar-refractivity contribution in [1.29, 1.82) is 0 Å². The Balaban J connectivity index is 2.82. The van der Waals surface area contributed by atoms with Gasteiger partial charge in [0.1, 0.15) is 0 Å². The van der Waals surface area contributed by atoms with Gasteiger partial charge in [-0.05, 0) is 12.8 Å². The number of nitrogens with one attached hydrogen (secondary N) is 1. The molecule has 0 aromatic carbocycles. The molecule has 0 saturated carbocycles. The molecule has 114 valence electrons. The van der Waals surface area contributed by atoms with Crippen molar-refractivity contribution in [2.45, 2.75) is 102 Å². The lowest BCUT2D eigenvalue weighted by atomic mass is 10.4. The van der Waals surface area contributed by atoms with Crippen LogP contribution in [0.2, 0.25) is 36.3 Å². The summed E-state index contributed by atoms with van der Waals surface area (Å²) in [5, 5.41) is 4.20. The highest BCUT2D eigenvalue weighted by molar-refractivity contribution is 6.83. The summed E-state index contributed by atoms with van der Waals surface area (Å²) >= 11 is 0. The normalized spacial score (nSPS) is 24.9. The smallest absolute Gasteiger partial charge is 0.0718 e. The molecule has 0 bridgehead atoms. The van der Waals surface area contributed by atoms with Gasteiger partial charge in [-0.3, -0.25) is 0 Å². The molecule has 1 N–H and O–H groups in total. The van der Waals surface area contributed by atoms with Crippen LogP contribution in [-0.4, -0.2) is 27.5 Å². The molecule has 1 aliphatic rings. The van der Waals surface area contributed by atoms with E-state index in [4.69, 9.17) is 0 Å². The highest BCUT2D eigenvalue weighted by Gasteiger charge is 2.46. The van der Waals surface area contributed by atoms with Crippen LogP contribution in [0, 0.1) is 0 Å². The van der Waals surface area contributed by atoms with Crippen LogP contribution in [0.15, 0.2) is 0 Å². The Hall–Kier alpha value is 0.394. The molecule has 0 aromatic heterocycles. The molecular formula is C16H37NSi2. The van der Waals surface area contributed by atoms with Crippen molar-refractivity contribution in [3.63, 3.8) is 0 Å². The topological polar surface area (TPSA) is 12.0 Å². The fourth-order valence-corrected chi connectivity index (χ4v) is 13.5. The van der Waals surface area contributed by atoms with Gasteiger partial charge in [-0.25, -0.2) is 0 Å². The highest BCUT2D eigenvalue weighted by atomic mass is 28.3. The predicted octanol–water partition coefficient (Wildman–Crippen LogP) is 5.20. The van der Waals surface area contributed by atoms with E-state index < -0.39 is 16.1 Å². The average molecular weight is 300 g/mol. The van der Waals surface area contributed by atoms with Gasteiger partial charge in [0, 0.05) is 11.3 Å². The zero-order valence-corrected chi connectivity index (χ0v) is 16.3. The molecule has 19 heavy (non-hydrogen) atoms. The van der Waals surface area contributed by atoms with Crippen LogP contribution in [0.5, 0.6) is 0 Å². The number of hydrogen-bond acceptors (Lipinski definition) is 1. The van der Waals surface area contributed by atoms with Crippen molar-refractivity contribution in [2.75, 3.05) is 0 Å². The molecule has 0 aliphatic carbocycles. The second-order valence-electron chi connectivity index (χ2n) is 6.70. The maximum atomic E-state index is 4.20. The largest absolute Gasteiger partial charge is 0.316 e. The van der Waals surface area contributed by atoms with Crippen molar-refractivity contribution in [1.82, 2.24) is 5.32 Å². The van der Waals surface area contributed by atoms with Gasteiger partial charge >= 0.3 is 0 Å². The first-order chi connectivity index (χ1) is 9.07. The zero-order chi connectivity index (χ0) is 14.5. The van der Waals surface area contributed by atoms with Crippen molar-refractivity contribution in [2.24, 2.45) is 0 Å². The standard InChI is InChI=1S/C16H37NSi2/c1-7-18(8-2,9-3)15-13-14-16(17-15)19(10-4,11-5)12-6/h15-17H,7-14H2,1-6H3. The third kappa shape index (κ3) is 3.19. The maximum Gasteiger partial charge on any atom is 0.0718 e. The molecule has 2 atom stereocenters. The lowest BCUT2D eigenvalue weighted by Crippen LogP contribution is -2.58. The Morgan fingerprint density at radius 1 is 0.632 bits per heavy atom. The molecule has 0 spiro atoms. The van der Waals surface area contributed by atoms with E-state index in [0.717, 1.165) is 11.3 Å². The monoisotopic (exact) mass is 299 g/mol. The van der Waals surface area contributed by atoms with E-state index in [1.165, 1.54) is 49.1 Å². The number of rotatable bonds is 8. The SMILES string of the molecule is CC[Si](CC)(CC)C1CCC([Si](CC)(CC)CC)N1. The van der Waals surface area contributed by atoms with Gasteiger partial charge in [0.15, 0.2) is 0 Å². The minimum atomic E-state index is -1.03. The second-order valence-corrected chi connectivity index (χ2v) is 17.8. The molecule has 2 unspecified atom stereocenters. The van der Waals surface area contributed by atoms with Crippen LogP contribution < -0.4 is 5.32 Å². The Morgan fingerprint density at radius 3 is 1.11 bits per heavy atom. The van der Waals surface area contributed by atoms with E-state index in [1.54, 1.807) is 0 Å². The third-order valence-corrected chi connectivity index (χ3v) is 19.2. The summed E-state index contributed by atoms with van der Waals surface area (Å²) in [5.74, 6) is 0. The van der Waals surface area contributed by atoms with Crippen LogP contribution >= 0.6 is 0 Å². The minimum absolute atomic E-state index is 0.925. The van der Waals surface area contributed by atoms with E-state index in [2.05, 4.69) is 46.9 Å². The van der Waals surface area contributed by atoms with E-state index in [0.29, 0.717) is 0 Å². The van der Waals surface area contributed by atoms with Crippen LogP contribution in [0.1, 0.15) is 54.4 Å². The van der Waals surface area contributed by atoms with Crippen molar-refractivity contribution in [3.05, 3.63) is 0 Å².